The molecule has 3 nitrogen and oxygen atoms in total. The second kappa shape index (κ2) is 4.90. The van der Waals surface area contributed by atoms with E-state index in [4.69, 9.17) is 5.26 Å². The van der Waals surface area contributed by atoms with Crippen molar-refractivity contribution in [2.24, 2.45) is 5.41 Å². The number of hydrogen-bond acceptors (Lipinski definition) is 3. The molecule has 0 aromatic carbocycles. The molecule has 0 radical (unpaired) electrons. The Morgan fingerprint density at radius 1 is 1.47 bits per heavy atom. The van der Waals surface area contributed by atoms with Crippen molar-refractivity contribution >= 4 is 0 Å². The van der Waals surface area contributed by atoms with Crippen molar-refractivity contribution < 1.29 is 0 Å². The van der Waals surface area contributed by atoms with E-state index < -0.39 is 0 Å². The summed E-state index contributed by atoms with van der Waals surface area (Å²) in [6.07, 6.45) is 1.64. The van der Waals surface area contributed by atoms with Gasteiger partial charge in [-0.3, -0.25) is 0 Å². The van der Waals surface area contributed by atoms with Crippen LogP contribution in [0.3, 0.4) is 0 Å². The fraction of sp³-hybridized carbons (Fsp3) is 0.500. The minimum Gasteiger partial charge on any atom is -0.312 e. The fourth-order valence-electron chi connectivity index (χ4n) is 1.25. The van der Waals surface area contributed by atoms with E-state index in [9.17, 15) is 0 Å². The van der Waals surface area contributed by atoms with Gasteiger partial charge in [-0.2, -0.15) is 5.26 Å². The van der Waals surface area contributed by atoms with Crippen LogP contribution in [0.25, 0.3) is 0 Å². The third kappa shape index (κ3) is 4.09. The Bertz CT molecular complexity index is 358. The van der Waals surface area contributed by atoms with Gasteiger partial charge in [0.2, 0.25) is 0 Å². The van der Waals surface area contributed by atoms with E-state index in [1.54, 1.807) is 6.20 Å². The van der Waals surface area contributed by atoms with Crippen molar-refractivity contribution in [3.8, 4) is 6.07 Å². The first-order valence-electron chi connectivity index (χ1n) is 5.07. The largest absolute Gasteiger partial charge is 0.312 e. The first-order valence-corrected chi connectivity index (χ1v) is 5.07. The van der Waals surface area contributed by atoms with Crippen LogP contribution in [-0.4, -0.2) is 11.5 Å². The van der Waals surface area contributed by atoms with E-state index in [0.717, 1.165) is 12.1 Å². The minimum absolute atomic E-state index is 0.259. The predicted octanol–water partition coefficient (Wildman–Crippen LogP) is 2.09. The predicted molar refractivity (Wildman–Crippen MR) is 60.1 cm³/mol. The zero-order chi connectivity index (χ0) is 11.3. The van der Waals surface area contributed by atoms with Crippen LogP contribution < -0.4 is 5.32 Å². The van der Waals surface area contributed by atoms with Crippen molar-refractivity contribution in [1.29, 1.82) is 5.26 Å². The molecule has 1 aromatic rings. The van der Waals surface area contributed by atoms with E-state index >= 15 is 0 Å². The summed E-state index contributed by atoms with van der Waals surface area (Å²) in [5.41, 5.74) is 1.73. The molecule has 0 spiro atoms. The zero-order valence-electron chi connectivity index (χ0n) is 9.54. The molecule has 0 bridgehead atoms. The molecule has 1 rings (SSSR count). The lowest BCUT2D eigenvalue weighted by atomic mass is 9.97. The van der Waals surface area contributed by atoms with Gasteiger partial charge in [0, 0.05) is 24.8 Å². The number of hydrogen-bond donors (Lipinski definition) is 1. The molecule has 0 saturated heterocycles. The van der Waals surface area contributed by atoms with Crippen LogP contribution in [0.1, 0.15) is 32.0 Å². The maximum Gasteiger partial charge on any atom is 0.144 e. The summed E-state index contributed by atoms with van der Waals surface area (Å²) in [4.78, 5) is 4.01. The Hall–Kier alpha value is -1.40. The minimum atomic E-state index is 0.259. The number of rotatable bonds is 3. The quantitative estimate of drug-likeness (QED) is 0.818. The Morgan fingerprint density at radius 3 is 2.80 bits per heavy atom. The molecule has 0 saturated carbocycles. The zero-order valence-corrected chi connectivity index (χ0v) is 9.54. The monoisotopic (exact) mass is 203 g/mol. The van der Waals surface area contributed by atoms with Crippen LogP contribution in [0.5, 0.6) is 0 Å². The lowest BCUT2D eigenvalue weighted by Gasteiger charge is -2.18. The second-order valence-corrected chi connectivity index (χ2v) is 4.79. The molecule has 1 N–H and O–H groups in total. The van der Waals surface area contributed by atoms with Crippen molar-refractivity contribution in [2.75, 3.05) is 6.54 Å². The van der Waals surface area contributed by atoms with Crippen LogP contribution in [0.2, 0.25) is 0 Å². The highest BCUT2D eigenvalue weighted by molar-refractivity contribution is 5.30. The molecule has 15 heavy (non-hydrogen) atoms. The molecular weight excluding hydrogens is 186 g/mol. The van der Waals surface area contributed by atoms with Gasteiger partial charge in [-0.15, -0.1) is 0 Å². The average Bonchev–Trinajstić information content (AvgIpc) is 2.16. The Morgan fingerprint density at radius 2 is 2.20 bits per heavy atom. The van der Waals surface area contributed by atoms with Gasteiger partial charge in [-0.05, 0) is 11.5 Å². The highest BCUT2D eigenvalue weighted by Crippen LogP contribution is 2.11. The molecule has 0 amide bonds. The van der Waals surface area contributed by atoms with Gasteiger partial charge < -0.3 is 5.32 Å². The molecule has 1 aromatic heterocycles. The number of aromatic nitrogens is 1. The topological polar surface area (TPSA) is 48.7 Å². The molecule has 3 heteroatoms. The van der Waals surface area contributed by atoms with Gasteiger partial charge in [-0.1, -0.05) is 26.8 Å². The lowest BCUT2D eigenvalue weighted by Crippen LogP contribution is -2.26. The van der Waals surface area contributed by atoms with Crippen LogP contribution in [0.15, 0.2) is 18.3 Å². The Kier molecular flexibility index (Phi) is 3.81. The van der Waals surface area contributed by atoms with E-state index in [-0.39, 0.29) is 5.41 Å². The summed E-state index contributed by atoms with van der Waals surface area (Å²) in [7, 11) is 0. The maximum absolute atomic E-state index is 8.84. The third-order valence-electron chi connectivity index (χ3n) is 1.97. The number of nitrogens with one attached hydrogen (secondary N) is 1. The standard InChI is InChI=1S/C12H17N3/c1-12(2,3)9-14-8-10-5-4-6-15-11(10)7-13/h4-6,14H,8-9H2,1-3H3. The van der Waals surface area contributed by atoms with Gasteiger partial charge in [0.05, 0.1) is 0 Å². The summed E-state index contributed by atoms with van der Waals surface area (Å²) in [6.45, 7) is 8.15. The SMILES string of the molecule is CC(C)(C)CNCc1cccnc1C#N. The smallest absolute Gasteiger partial charge is 0.144 e. The number of pyridine rings is 1. The molecule has 0 aliphatic rings. The first-order chi connectivity index (χ1) is 7.03. The van der Waals surface area contributed by atoms with Gasteiger partial charge >= 0.3 is 0 Å². The van der Waals surface area contributed by atoms with Gasteiger partial charge in [0.1, 0.15) is 11.8 Å². The molecule has 0 unspecified atom stereocenters. The molecule has 80 valence electrons. The van der Waals surface area contributed by atoms with Crippen molar-refractivity contribution in [3.05, 3.63) is 29.6 Å². The molecule has 0 aliphatic heterocycles. The van der Waals surface area contributed by atoms with Crippen LogP contribution >= 0.6 is 0 Å². The summed E-state index contributed by atoms with van der Waals surface area (Å²) < 4.78 is 0. The van der Waals surface area contributed by atoms with Crippen molar-refractivity contribution in [1.82, 2.24) is 10.3 Å². The van der Waals surface area contributed by atoms with Gasteiger partial charge in [0.25, 0.3) is 0 Å². The maximum atomic E-state index is 8.84. The highest BCUT2D eigenvalue weighted by atomic mass is 14.9. The van der Waals surface area contributed by atoms with Crippen LogP contribution in [0.4, 0.5) is 0 Å². The molecule has 0 atom stereocenters. The van der Waals surface area contributed by atoms with E-state index in [1.807, 2.05) is 12.1 Å². The molecule has 1 heterocycles. The number of nitrogens with zero attached hydrogens (tertiary/aromatic N) is 2. The normalized spacial score (nSPS) is 11.1. The average molecular weight is 203 g/mol. The van der Waals surface area contributed by atoms with E-state index in [2.05, 4.69) is 37.1 Å². The number of nitriles is 1. The Labute approximate surface area is 91.1 Å². The van der Waals surface area contributed by atoms with Crippen molar-refractivity contribution in [3.63, 3.8) is 0 Å². The fourth-order valence-corrected chi connectivity index (χ4v) is 1.25. The molecular formula is C12H17N3. The summed E-state index contributed by atoms with van der Waals surface area (Å²) in [5, 5.41) is 12.2. The molecule has 0 fully saturated rings. The van der Waals surface area contributed by atoms with Crippen LogP contribution in [-0.2, 0) is 6.54 Å². The summed E-state index contributed by atoms with van der Waals surface area (Å²) in [6, 6.07) is 5.88. The van der Waals surface area contributed by atoms with Crippen LogP contribution in [0, 0.1) is 16.7 Å². The first kappa shape index (κ1) is 11.7. The lowest BCUT2D eigenvalue weighted by molar-refractivity contribution is 0.379. The summed E-state index contributed by atoms with van der Waals surface area (Å²) >= 11 is 0. The second-order valence-electron chi connectivity index (χ2n) is 4.79. The van der Waals surface area contributed by atoms with E-state index in [1.165, 1.54) is 0 Å². The summed E-state index contributed by atoms with van der Waals surface area (Å²) in [5.74, 6) is 0. The van der Waals surface area contributed by atoms with Gasteiger partial charge in [0.15, 0.2) is 0 Å². The molecule has 0 aliphatic carbocycles. The Balaban J connectivity index is 2.55. The third-order valence-corrected chi connectivity index (χ3v) is 1.97. The van der Waals surface area contributed by atoms with E-state index in [0.29, 0.717) is 12.2 Å². The van der Waals surface area contributed by atoms with Crippen molar-refractivity contribution in [2.45, 2.75) is 27.3 Å². The van der Waals surface area contributed by atoms with Gasteiger partial charge in [-0.25, -0.2) is 4.98 Å². The highest BCUT2D eigenvalue weighted by Gasteiger charge is 2.09.